The first-order chi connectivity index (χ1) is 11.4. The normalized spacial score (nSPS) is 18.5. The predicted octanol–water partition coefficient (Wildman–Crippen LogP) is 3.56. The maximum Gasteiger partial charge on any atom is 0.234 e. The molecule has 3 rings (SSSR count). The minimum absolute atomic E-state index is 0.0448. The van der Waals surface area contributed by atoms with Crippen LogP contribution in [0.2, 0.25) is 0 Å². The average molecular weight is 328 g/mol. The molecule has 1 aliphatic heterocycles. The summed E-state index contributed by atoms with van der Waals surface area (Å²) < 4.78 is 13.9. The lowest BCUT2D eigenvalue weighted by atomic mass is 9.97. The van der Waals surface area contributed by atoms with Crippen LogP contribution in [0.5, 0.6) is 5.88 Å². The first kappa shape index (κ1) is 16.7. The van der Waals surface area contributed by atoms with Crippen LogP contribution in [0, 0.1) is 23.7 Å². The van der Waals surface area contributed by atoms with E-state index in [1.807, 2.05) is 23.6 Å². The lowest BCUT2D eigenvalue weighted by Crippen LogP contribution is -2.27. The van der Waals surface area contributed by atoms with Gasteiger partial charge in [0.1, 0.15) is 11.7 Å². The number of hydrogen-bond donors (Lipinski definition) is 0. The van der Waals surface area contributed by atoms with Gasteiger partial charge in [-0.1, -0.05) is 20.8 Å². The minimum atomic E-state index is -0.217. The van der Waals surface area contributed by atoms with Crippen molar-refractivity contribution in [1.29, 1.82) is 5.26 Å². The summed E-state index contributed by atoms with van der Waals surface area (Å²) in [6.45, 7) is 9.87. The Hall–Kier alpha value is -2.13. The maximum absolute atomic E-state index is 9.18. The lowest BCUT2D eigenvalue weighted by molar-refractivity contribution is -0.109. The predicted molar refractivity (Wildman–Crippen MR) is 90.7 cm³/mol. The molecule has 0 spiro atoms. The van der Waals surface area contributed by atoms with Gasteiger partial charge in [0.2, 0.25) is 12.1 Å². The van der Waals surface area contributed by atoms with Crippen LogP contribution in [-0.4, -0.2) is 27.4 Å². The molecule has 1 fully saturated rings. The van der Waals surface area contributed by atoms with Crippen LogP contribution in [0.15, 0.2) is 6.07 Å². The average Bonchev–Trinajstić information content (AvgIpc) is 2.85. The van der Waals surface area contributed by atoms with Gasteiger partial charge in [-0.15, -0.1) is 0 Å². The van der Waals surface area contributed by atoms with Crippen LogP contribution in [0.1, 0.15) is 51.6 Å². The molecule has 6 nitrogen and oxygen atoms in total. The zero-order chi connectivity index (χ0) is 17.3. The molecule has 6 heteroatoms. The molecule has 0 aliphatic carbocycles. The number of nitrogens with zero attached hydrogens (tertiary/aromatic N) is 4. The number of ether oxygens (including phenoxy) is 2. The molecular formula is C18H24N4O2. The summed E-state index contributed by atoms with van der Waals surface area (Å²) >= 11 is 0. The summed E-state index contributed by atoms with van der Waals surface area (Å²) in [5, 5.41) is 10.1. The second kappa shape index (κ2) is 6.40. The van der Waals surface area contributed by atoms with E-state index >= 15 is 0 Å². The van der Waals surface area contributed by atoms with Crippen molar-refractivity contribution < 1.29 is 9.47 Å². The Bertz CT molecular complexity index is 777. The molecule has 0 amide bonds. The Balaban J connectivity index is 2.07. The molecule has 0 aromatic carbocycles. The molecule has 2 aromatic heterocycles. The van der Waals surface area contributed by atoms with E-state index in [4.69, 9.17) is 9.47 Å². The van der Waals surface area contributed by atoms with Crippen LogP contribution < -0.4 is 4.74 Å². The summed E-state index contributed by atoms with van der Waals surface area (Å²) in [7, 11) is 0. The molecular weight excluding hydrogens is 304 g/mol. The van der Waals surface area contributed by atoms with Gasteiger partial charge < -0.3 is 9.47 Å². The highest BCUT2D eigenvalue weighted by atomic mass is 16.7. The van der Waals surface area contributed by atoms with Gasteiger partial charge in [0, 0.05) is 24.4 Å². The summed E-state index contributed by atoms with van der Waals surface area (Å²) in [6, 6.07) is 4.01. The molecule has 0 saturated carbocycles. The molecule has 0 N–H and O–H groups in total. The highest BCUT2D eigenvalue weighted by Crippen LogP contribution is 2.31. The van der Waals surface area contributed by atoms with E-state index in [0.29, 0.717) is 0 Å². The van der Waals surface area contributed by atoms with Crippen molar-refractivity contribution in [2.24, 2.45) is 5.41 Å². The molecule has 1 saturated heterocycles. The summed E-state index contributed by atoms with van der Waals surface area (Å²) in [6.07, 6.45) is 2.87. The van der Waals surface area contributed by atoms with Gasteiger partial charge in [0.25, 0.3) is 0 Å². The third-order valence-electron chi connectivity index (χ3n) is 4.03. The van der Waals surface area contributed by atoms with Crippen LogP contribution in [-0.2, 0) is 11.3 Å². The number of nitriles is 1. The van der Waals surface area contributed by atoms with E-state index < -0.39 is 0 Å². The molecule has 1 aliphatic rings. The van der Waals surface area contributed by atoms with E-state index in [0.717, 1.165) is 55.0 Å². The molecule has 0 bridgehead atoms. The Morgan fingerprint density at radius 1 is 1.38 bits per heavy atom. The topological polar surface area (TPSA) is 73.0 Å². The summed E-state index contributed by atoms with van der Waals surface area (Å²) in [5.74, 6) is 0.924. The SMILES string of the molecule is Cc1nc(C#N)nc2c1cc(OC1CCCCO1)n2CC(C)(C)C. The van der Waals surface area contributed by atoms with E-state index in [9.17, 15) is 5.26 Å². The summed E-state index contributed by atoms with van der Waals surface area (Å²) in [4.78, 5) is 8.67. The van der Waals surface area contributed by atoms with Crippen molar-refractivity contribution in [2.75, 3.05) is 6.61 Å². The molecule has 1 unspecified atom stereocenters. The number of rotatable bonds is 3. The summed E-state index contributed by atoms with van der Waals surface area (Å²) in [5.41, 5.74) is 1.58. The standard InChI is InChI=1S/C18H24N4O2/c1-12-13-9-15(24-16-7-5-6-8-23-16)22(11-18(2,3)4)17(13)21-14(10-19)20-12/h9,16H,5-8,11H2,1-4H3. The molecule has 24 heavy (non-hydrogen) atoms. The fraction of sp³-hybridized carbons (Fsp3) is 0.611. The van der Waals surface area contributed by atoms with Crippen LogP contribution in [0.3, 0.4) is 0 Å². The monoisotopic (exact) mass is 328 g/mol. The van der Waals surface area contributed by atoms with Gasteiger partial charge in [0.05, 0.1) is 12.3 Å². The van der Waals surface area contributed by atoms with Gasteiger partial charge in [-0.3, -0.25) is 4.57 Å². The van der Waals surface area contributed by atoms with E-state index in [2.05, 4.69) is 30.7 Å². The van der Waals surface area contributed by atoms with Crippen molar-refractivity contribution in [2.45, 2.75) is 59.8 Å². The molecule has 3 heterocycles. The first-order valence-corrected chi connectivity index (χ1v) is 8.43. The second-order valence-electron chi connectivity index (χ2n) is 7.53. The highest BCUT2D eigenvalue weighted by molar-refractivity contribution is 5.81. The van der Waals surface area contributed by atoms with Gasteiger partial charge in [-0.05, 0) is 25.2 Å². The largest absolute Gasteiger partial charge is 0.449 e. The molecule has 2 aromatic rings. The fourth-order valence-electron chi connectivity index (χ4n) is 2.96. The first-order valence-electron chi connectivity index (χ1n) is 8.43. The van der Waals surface area contributed by atoms with Gasteiger partial charge >= 0.3 is 0 Å². The zero-order valence-electron chi connectivity index (χ0n) is 14.8. The Labute approximate surface area is 142 Å². The number of fused-ring (bicyclic) bond motifs is 1. The molecule has 128 valence electrons. The third kappa shape index (κ3) is 3.51. The smallest absolute Gasteiger partial charge is 0.234 e. The van der Waals surface area contributed by atoms with Crippen molar-refractivity contribution in [1.82, 2.24) is 14.5 Å². The second-order valence-corrected chi connectivity index (χ2v) is 7.53. The Kier molecular flexibility index (Phi) is 4.46. The van der Waals surface area contributed by atoms with Crippen LogP contribution in [0.4, 0.5) is 0 Å². The zero-order valence-corrected chi connectivity index (χ0v) is 14.8. The Morgan fingerprint density at radius 3 is 2.79 bits per heavy atom. The lowest BCUT2D eigenvalue weighted by Gasteiger charge is -2.26. The highest BCUT2D eigenvalue weighted by Gasteiger charge is 2.23. The minimum Gasteiger partial charge on any atom is -0.449 e. The van der Waals surface area contributed by atoms with E-state index in [1.54, 1.807) is 0 Å². The van der Waals surface area contributed by atoms with Crippen molar-refractivity contribution >= 4 is 11.0 Å². The third-order valence-corrected chi connectivity index (χ3v) is 4.03. The fourth-order valence-corrected chi connectivity index (χ4v) is 2.96. The maximum atomic E-state index is 9.18. The molecule has 1 atom stereocenters. The molecule has 0 radical (unpaired) electrons. The quantitative estimate of drug-likeness (QED) is 0.861. The van der Waals surface area contributed by atoms with Crippen molar-refractivity contribution in [3.05, 3.63) is 17.6 Å². The number of hydrogen-bond acceptors (Lipinski definition) is 5. The van der Waals surface area contributed by atoms with Gasteiger partial charge in [-0.2, -0.15) is 5.26 Å². The van der Waals surface area contributed by atoms with Crippen molar-refractivity contribution in [3.8, 4) is 11.9 Å². The number of aryl methyl sites for hydroxylation is 1. The van der Waals surface area contributed by atoms with Gasteiger partial charge in [-0.25, -0.2) is 9.97 Å². The van der Waals surface area contributed by atoms with E-state index in [-0.39, 0.29) is 17.5 Å². The Morgan fingerprint density at radius 2 is 2.17 bits per heavy atom. The van der Waals surface area contributed by atoms with Crippen LogP contribution >= 0.6 is 0 Å². The van der Waals surface area contributed by atoms with Crippen molar-refractivity contribution in [3.63, 3.8) is 0 Å². The van der Waals surface area contributed by atoms with E-state index in [1.165, 1.54) is 0 Å². The number of aromatic nitrogens is 3. The van der Waals surface area contributed by atoms with Gasteiger partial charge in [0.15, 0.2) is 5.88 Å². The van der Waals surface area contributed by atoms with Crippen LogP contribution in [0.25, 0.3) is 11.0 Å².